The second-order valence-corrected chi connectivity index (χ2v) is 8.20. The predicted molar refractivity (Wildman–Crippen MR) is 120 cm³/mol. The summed E-state index contributed by atoms with van der Waals surface area (Å²) in [5, 5.41) is 2.96. The standard InChI is InChI=1S/C25H23F2N3O4/c26-25(27)33-22-8-3-5-17(23(22)34-25)16-30-14-2-1-7-21(30)24(31)29-18-9-11-19(12-10-18)32-20-6-4-13-28-15-20/h3-6,8-13,15,21H,1-2,7,14,16H2,(H,29,31). The van der Waals surface area contributed by atoms with Gasteiger partial charge >= 0.3 is 6.29 Å². The molecule has 1 fully saturated rings. The number of alkyl halides is 2. The smallest absolute Gasteiger partial charge is 0.456 e. The molecule has 1 N–H and O–H groups in total. The van der Waals surface area contributed by atoms with E-state index in [0.29, 0.717) is 42.3 Å². The number of carbonyl (C=O) groups excluding carboxylic acids is 1. The number of fused-ring (bicyclic) bond motifs is 1. The van der Waals surface area contributed by atoms with Gasteiger partial charge in [0.2, 0.25) is 5.91 Å². The molecule has 2 aliphatic rings. The van der Waals surface area contributed by atoms with Crippen LogP contribution in [0.15, 0.2) is 67.0 Å². The highest BCUT2D eigenvalue weighted by atomic mass is 19.3. The summed E-state index contributed by atoms with van der Waals surface area (Å²) in [4.78, 5) is 19.1. The molecule has 1 atom stereocenters. The van der Waals surface area contributed by atoms with Crippen molar-refractivity contribution >= 4 is 11.6 Å². The van der Waals surface area contributed by atoms with E-state index in [-0.39, 0.29) is 17.4 Å². The predicted octanol–water partition coefficient (Wildman–Crippen LogP) is 5.19. The third-order valence-corrected chi connectivity index (χ3v) is 5.79. The molecule has 2 aliphatic heterocycles. The maximum absolute atomic E-state index is 13.6. The maximum Gasteiger partial charge on any atom is 0.586 e. The van der Waals surface area contributed by atoms with Gasteiger partial charge in [-0.3, -0.25) is 14.7 Å². The van der Waals surface area contributed by atoms with Gasteiger partial charge in [-0.1, -0.05) is 18.6 Å². The average Bonchev–Trinajstić information content (AvgIpc) is 3.16. The highest BCUT2D eigenvalue weighted by Crippen LogP contribution is 2.43. The summed E-state index contributed by atoms with van der Waals surface area (Å²) in [7, 11) is 0. The van der Waals surface area contributed by atoms with E-state index < -0.39 is 12.3 Å². The number of nitrogens with one attached hydrogen (secondary N) is 1. The third kappa shape index (κ3) is 4.94. The van der Waals surface area contributed by atoms with Gasteiger partial charge in [0.1, 0.15) is 11.5 Å². The maximum atomic E-state index is 13.6. The van der Waals surface area contributed by atoms with Crippen molar-refractivity contribution < 1.29 is 27.8 Å². The SMILES string of the molecule is O=C(Nc1ccc(Oc2cccnc2)cc1)C1CCCCN1Cc1cccc2c1OC(F)(F)O2. The molecule has 9 heteroatoms. The summed E-state index contributed by atoms with van der Waals surface area (Å²) in [6, 6.07) is 15.1. The molecule has 0 spiro atoms. The molecule has 176 valence electrons. The number of carbonyl (C=O) groups is 1. The summed E-state index contributed by atoms with van der Waals surface area (Å²) >= 11 is 0. The molecule has 1 saturated heterocycles. The number of benzene rings is 2. The number of likely N-dealkylation sites (tertiary alicyclic amines) is 1. The zero-order valence-electron chi connectivity index (χ0n) is 18.2. The van der Waals surface area contributed by atoms with E-state index in [2.05, 4.69) is 15.0 Å². The molecular weight excluding hydrogens is 444 g/mol. The van der Waals surface area contributed by atoms with Crippen LogP contribution in [0.5, 0.6) is 23.0 Å². The van der Waals surface area contributed by atoms with Crippen molar-refractivity contribution in [3.63, 3.8) is 0 Å². The van der Waals surface area contributed by atoms with Crippen LogP contribution in [0.25, 0.3) is 0 Å². The molecule has 7 nitrogen and oxygen atoms in total. The molecule has 0 radical (unpaired) electrons. The number of nitrogens with zero attached hydrogens (tertiary/aromatic N) is 2. The Balaban J connectivity index is 1.25. The Bertz CT molecular complexity index is 1160. The van der Waals surface area contributed by atoms with Gasteiger partial charge in [0.05, 0.1) is 12.2 Å². The first-order valence-corrected chi connectivity index (χ1v) is 11.1. The van der Waals surface area contributed by atoms with Crippen LogP contribution in [-0.4, -0.2) is 34.7 Å². The number of pyridine rings is 1. The Morgan fingerprint density at radius 3 is 2.74 bits per heavy atom. The lowest BCUT2D eigenvalue weighted by molar-refractivity contribution is -0.287. The molecule has 1 unspecified atom stereocenters. The first kappa shape index (κ1) is 22.1. The van der Waals surface area contributed by atoms with Crippen LogP contribution in [0.4, 0.5) is 14.5 Å². The van der Waals surface area contributed by atoms with Gasteiger partial charge in [-0.05, 0) is 61.9 Å². The Morgan fingerprint density at radius 2 is 1.94 bits per heavy atom. The summed E-state index contributed by atoms with van der Waals surface area (Å²) in [5.74, 6) is 1.14. The fourth-order valence-electron chi connectivity index (χ4n) is 4.22. The quantitative estimate of drug-likeness (QED) is 0.538. The van der Waals surface area contributed by atoms with Crippen molar-refractivity contribution in [3.8, 4) is 23.0 Å². The molecular formula is C25H23F2N3O4. The number of para-hydroxylation sites is 1. The monoisotopic (exact) mass is 467 g/mol. The molecule has 3 aromatic rings. The first-order chi connectivity index (χ1) is 16.5. The van der Waals surface area contributed by atoms with Crippen molar-refractivity contribution in [3.05, 3.63) is 72.6 Å². The lowest BCUT2D eigenvalue weighted by Gasteiger charge is -2.34. The molecule has 0 aliphatic carbocycles. The Morgan fingerprint density at radius 1 is 1.09 bits per heavy atom. The lowest BCUT2D eigenvalue weighted by Crippen LogP contribution is -2.46. The van der Waals surface area contributed by atoms with Gasteiger partial charge in [0, 0.05) is 24.0 Å². The minimum absolute atomic E-state index is 0.00843. The highest BCUT2D eigenvalue weighted by Gasteiger charge is 2.44. The molecule has 34 heavy (non-hydrogen) atoms. The topological polar surface area (TPSA) is 72.9 Å². The van der Waals surface area contributed by atoms with Crippen molar-refractivity contribution in [2.75, 3.05) is 11.9 Å². The Labute approximate surface area is 195 Å². The van der Waals surface area contributed by atoms with Crippen LogP contribution in [0, 0.1) is 0 Å². The van der Waals surface area contributed by atoms with E-state index in [1.165, 1.54) is 6.07 Å². The Hall–Kier alpha value is -3.72. The fraction of sp³-hybridized carbons (Fsp3) is 0.280. The van der Waals surface area contributed by atoms with E-state index in [4.69, 9.17) is 9.47 Å². The van der Waals surface area contributed by atoms with Crippen LogP contribution in [0.2, 0.25) is 0 Å². The van der Waals surface area contributed by atoms with Gasteiger partial charge in [0.25, 0.3) is 0 Å². The number of amides is 1. The average molecular weight is 467 g/mol. The van der Waals surface area contributed by atoms with Crippen LogP contribution < -0.4 is 19.5 Å². The number of aromatic nitrogens is 1. The number of hydrogen-bond acceptors (Lipinski definition) is 6. The summed E-state index contributed by atoms with van der Waals surface area (Å²) < 4.78 is 42.1. The van der Waals surface area contributed by atoms with Gasteiger partial charge in [-0.15, -0.1) is 8.78 Å². The summed E-state index contributed by atoms with van der Waals surface area (Å²) in [5.41, 5.74) is 1.21. The van der Waals surface area contributed by atoms with Crippen molar-refractivity contribution in [1.29, 1.82) is 0 Å². The molecule has 1 aromatic heterocycles. The van der Waals surface area contributed by atoms with Gasteiger partial charge in [0.15, 0.2) is 11.5 Å². The zero-order valence-corrected chi connectivity index (χ0v) is 18.2. The van der Waals surface area contributed by atoms with Gasteiger partial charge < -0.3 is 19.5 Å². The van der Waals surface area contributed by atoms with Crippen molar-refractivity contribution in [1.82, 2.24) is 9.88 Å². The molecule has 1 amide bonds. The van der Waals surface area contributed by atoms with E-state index >= 15 is 0 Å². The molecule has 2 aromatic carbocycles. The van der Waals surface area contributed by atoms with Crippen LogP contribution in [-0.2, 0) is 11.3 Å². The number of ether oxygens (including phenoxy) is 3. The second-order valence-electron chi connectivity index (χ2n) is 8.20. The first-order valence-electron chi connectivity index (χ1n) is 11.1. The Kier molecular flexibility index (Phi) is 6.02. The minimum atomic E-state index is -3.68. The van der Waals surface area contributed by atoms with Crippen LogP contribution >= 0.6 is 0 Å². The fourth-order valence-corrected chi connectivity index (χ4v) is 4.22. The molecule has 3 heterocycles. The highest BCUT2D eigenvalue weighted by molar-refractivity contribution is 5.95. The van der Waals surface area contributed by atoms with Gasteiger partial charge in [-0.25, -0.2) is 0 Å². The van der Waals surface area contributed by atoms with E-state index in [9.17, 15) is 13.6 Å². The number of halogens is 2. The number of anilines is 1. The third-order valence-electron chi connectivity index (χ3n) is 5.79. The molecule has 0 saturated carbocycles. The van der Waals surface area contributed by atoms with Crippen LogP contribution in [0.1, 0.15) is 24.8 Å². The van der Waals surface area contributed by atoms with E-state index in [1.807, 2.05) is 4.90 Å². The second kappa shape index (κ2) is 9.26. The number of hydrogen-bond donors (Lipinski definition) is 1. The van der Waals surface area contributed by atoms with E-state index in [0.717, 1.165) is 12.8 Å². The summed E-state index contributed by atoms with van der Waals surface area (Å²) in [6.45, 7) is 0.982. The van der Waals surface area contributed by atoms with Crippen molar-refractivity contribution in [2.24, 2.45) is 0 Å². The minimum Gasteiger partial charge on any atom is -0.456 e. The van der Waals surface area contributed by atoms with Crippen LogP contribution in [0.3, 0.4) is 0 Å². The molecule has 0 bridgehead atoms. The molecule has 5 rings (SSSR count). The lowest BCUT2D eigenvalue weighted by atomic mass is 10.00. The normalized spacial score (nSPS) is 18.9. The number of piperidine rings is 1. The van der Waals surface area contributed by atoms with E-state index in [1.54, 1.807) is 60.9 Å². The number of rotatable bonds is 6. The largest absolute Gasteiger partial charge is 0.586 e. The van der Waals surface area contributed by atoms with Crippen molar-refractivity contribution in [2.45, 2.75) is 38.1 Å². The summed E-state index contributed by atoms with van der Waals surface area (Å²) in [6.07, 6.45) is 2.12. The zero-order chi connectivity index (χ0) is 23.5. The van der Waals surface area contributed by atoms with Gasteiger partial charge in [-0.2, -0.15) is 0 Å².